The Morgan fingerprint density at radius 3 is 1.51 bits per heavy atom. The zero-order chi connectivity index (χ0) is 47.9. The second-order valence-corrected chi connectivity index (χ2v) is 16.0. The Kier molecular flexibility index (Phi) is 13.7. The lowest BCUT2D eigenvalue weighted by Gasteiger charge is -2.10. The van der Waals surface area contributed by atoms with Crippen molar-refractivity contribution in [2.75, 3.05) is 23.7 Å². The van der Waals surface area contributed by atoms with Gasteiger partial charge in [-0.25, -0.2) is 9.97 Å². The fraction of sp³-hybridized carbons (Fsp3) is 0.220. The number of nitrogens with zero attached hydrogens (tertiary/aromatic N) is 8. The van der Waals surface area contributed by atoms with E-state index in [2.05, 4.69) is 36.4 Å². The minimum absolute atomic E-state index is 0.195. The molecule has 0 bridgehead atoms. The normalized spacial score (nSPS) is 11.4. The number of hydrogen-bond acceptors (Lipinski definition) is 9. The van der Waals surface area contributed by atoms with Crippen molar-refractivity contribution in [3.63, 3.8) is 0 Å². The van der Waals surface area contributed by atoms with Crippen molar-refractivity contribution in [3.05, 3.63) is 155 Å². The molecular weight excluding hydrogens is 863 g/mol. The highest BCUT2D eigenvalue weighted by atomic mass is 16.2. The minimum Gasteiger partial charge on any atom is -0.366 e. The van der Waals surface area contributed by atoms with E-state index in [-0.39, 0.29) is 42.4 Å². The molecule has 346 valence electrons. The smallest absolute Gasteiger partial charge is 0.276 e. The number of hydrogen-bond donors (Lipinski definition) is 5. The average molecular weight is 914 g/mol. The third-order valence-corrected chi connectivity index (χ3v) is 11.3. The maximum Gasteiger partial charge on any atom is 0.276 e. The van der Waals surface area contributed by atoms with Gasteiger partial charge in [-0.15, -0.1) is 0 Å². The summed E-state index contributed by atoms with van der Waals surface area (Å²) in [5.41, 5.74) is 13.2. The molecule has 0 aliphatic rings. The fourth-order valence-corrected chi connectivity index (χ4v) is 7.89. The summed E-state index contributed by atoms with van der Waals surface area (Å²) in [6.45, 7) is 9.60. The van der Waals surface area contributed by atoms with Crippen LogP contribution < -0.4 is 27.0 Å². The molecule has 0 saturated heterocycles. The number of rotatable bonds is 18. The number of aromatic nitrogens is 8. The van der Waals surface area contributed by atoms with Crippen LogP contribution in [-0.2, 0) is 26.2 Å². The summed E-state index contributed by atoms with van der Waals surface area (Å²) in [6, 6.07) is 30.8. The highest BCUT2D eigenvalue weighted by Crippen LogP contribution is 2.25. The first-order valence-corrected chi connectivity index (χ1v) is 22.3. The summed E-state index contributed by atoms with van der Waals surface area (Å²) in [5.74, 6) is -1.41. The van der Waals surface area contributed by atoms with E-state index in [0.717, 1.165) is 11.1 Å². The van der Waals surface area contributed by atoms with E-state index in [9.17, 15) is 24.0 Å². The Labute approximate surface area is 391 Å². The number of anilines is 2. The van der Waals surface area contributed by atoms with Crippen LogP contribution in [0.15, 0.2) is 115 Å². The zero-order valence-electron chi connectivity index (χ0n) is 38.1. The molecule has 0 aliphatic carbocycles. The second kappa shape index (κ2) is 20.2. The fourth-order valence-electron chi connectivity index (χ4n) is 7.89. The molecule has 8 aromatic rings. The Morgan fingerprint density at radius 2 is 1.01 bits per heavy atom. The Balaban J connectivity index is 0.975. The van der Waals surface area contributed by atoms with Gasteiger partial charge in [0.05, 0.1) is 33.5 Å². The molecule has 0 saturated carbocycles. The van der Waals surface area contributed by atoms with Crippen LogP contribution in [0.3, 0.4) is 0 Å². The van der Waals surface area contributed by atoms with Gasteiger partial charge in [-0.05, 0) is 106 Å². The van der Waals surface area contributed by atoms with E-state index >= 15 is 0 Å². The van der Waals surface area contributed by atoms with Gasteiger partial charge >= 0.3 is 0 Å². The number of nitrogens with two attached hydrogens (primary N) is 1. The van der Waals surface area contributed by atoms with E-state index in [1.807, 2.05) is 86.9 Å². The molecule has 0 aliphatic heterocycles. The van der Waals surface area contributed by atoms with Crippen LogP contribution in [0.1, 0.15) is 83.7 Å². The summed E-state index contributed by atoms with van der Waals surface area (Å²) in [7, 11) is 0. The van der Waals surface area contributed by atoms with Crippen molar-refractivity contribution in [1.82, 2.24) is 49.3 Å². The summed E-state index contributed by atoms with van der Waals surface area (Å²) >= 11 is 0. The molecule has 0 fully saturated rings. The van der Waals surface area contributed by atoms with Crippen LogP contribution >= 0.6 is 0 Å². The number of benzene rings is 4. The number of fused-ring (bicyclic) bond motifs is 2. The van der Waals surface area contributed by atoms with E-state index in [0.29, 0.717) is 88.6 Å². The number of allylic oxidation sites excluding steroid dienone is 2. The van der Waals surface area contributed by atoms with Gasteiger partial charge in [0.2, 0.25) is 17.8 Å². The average Bonchev–Trinajstić information content (AvgIpc) is 4.11. The van der Waals surface area contributed by atoms with Crippen LogP contribution in [0.4, 0.5) is 11.9 Å². The number of nitrogens with one attached hydrogen (secondary N) is 4. The number of carbonyl (C=O) groups is 5. The van der Waals surface area contributed by atoms with Crippen molar-refractivity contribution >= 4 is 63.5 Å². The Bertz CT molecular complexity index is 3210. The molecule has 0 atom stereocenters. The van der Waals surface area contributed by atoms with Gasteiger partial charge < -0.3 is 25.5 Å². The van der Waals surface area contributed by atoms with Crippen molar-refractivity contribution in [2.24, 2.45) is 5.73 Å². The molecule has 0 radical (unpaired) electrons. The van der Waals surface area contributed by atoms with Crippen molar-refractivity contribution in [1.29, 1.82) is 0 Å². The van der Waals surface area contributed by atoms with Crippen molar-refractivity contribution in [2.45, 2.75) is 60.3 Å². The summed E-state index contributed by atoms with van der Waals surface area (Å²) in [6.07, 6.45) is 4.28. The van der Waals surface area contributed by atoms with Gasteiger partial charge in [-0.2, -0.15) is 10.2 Å². The number of amides is 5. The molecule has 8 rings (SSSR count). The highest BCUT2D eigenvalue weighted by Gasteiger charge is 2.21. The van der Waals surface area contributed by atoms with E-state index in [4.69, 9.17) is 10.7 Å². The standard InChI is InChI=1S/C50H51N13O5/c1-5-62-42(27-31(3)58-62)47(67)56-49-54-38-29-36(44(51)64)19-21-40(38)60(49)25-10-11-26-61-41-22-20-37(30-39(41)55-50(61)57-48(68)43-28-32(4)59-63(43)6-2)46(66)53-24-12-23-52-45(65)35-17-15-34(16-18-35)33-13-8-7-9-14-33/h7-11,13-22,27-30H,5-6,12,23-26H2,1-4H3,(H2,51,64)(H,52,65)(H,53,66)(H,54,56,67)(H,55,57,68)/b11-10+. The SMILES string of the molecule is CCn1nc(C)cc1C(=O)Nc1nc2cc(C(N)=O)ccc2n1C/C=C/Cn1c(NC(=O)c2cc(C)nn2CC)nc2cc(C(=O)NCCCNC(=O)c3ccc(-c4ccccc4)cc3)ccc21. The van der Waals surface area contributed by atoms with E-state index in [1.54, 1.807) is 74.6 Å². The summed E-state index contributed by atoms with van der Waals surface area (Å²) < 4.78 is 6.86. The largest absolute Gasteiger partial charge is 0.366 e. The third-order valence-electron chi connectivity index (χ3n) is 11.3. The van der Waals surface area contributed by atoms with Crippen LogP contribution in [0.5, 0.6) is 0 Å². The predicted octanol–water partition coefficient (Wildman–Crippen LogP) is 6.51. The third kappa shape index (κ3) is 10.1. The van der Waals surface area contributed by atoms with Gasteiger partial charge in [0.1, 0.15) is 11.4 Å². The molecule has 6 N–H and O–H groups in total. The van der Waals surface area contributed by atoms with E-state index < -0.39 is 17.7 Å². The quantitative estimate of drug-likeness (QED) is 0.0466. The molecular formula is C50H51N13O5. The van der Waals surface area contributed by atoms with Gasteiger partial charge in [-0.1, -0.05) is 54.6 Å². The minimum atomic E-state index is -0.605. The molecule has 5 amide bonds. The molecule has 4 aromatic heterocycles. The molecule has 18 heteroatoms. The summed E-state index contributed by atoms with van der Waals surface area (Å²) in [5, 5.41) is 20.5. The van der Waals surface area contributed by atoms with Gasteiger partial charge in [0.15, 0.2) is 0 Å². The van der Waals surface area contributed by atoms with Crippen LogP contribution in [0, 0.1) is 13.8 Å². The van der Waals surface area contributed by atoms with Crippen LogP contribution in [-0.4, -0.2) is 81.3 Å². The molecule has 4 heterocycles. The maximum atomic E-state index is 13.7. The monoisotopic (exact) mass is 913 g/mol. The van der Waals surface area contributed by atoms with E-state index in [1.165, 1.54) is 0 Å². The molecule has 4 aromatic carbocycles. The molecule has 0 unspecified atom stereocenters. The van der Waals surface area contributed by atoms with Gasteiger partial charge in [0.25, 0.3) is 23.6 Å². The second-order valence-electron chi connectivity index (χ2n) is 16.0. The number of aryl methyl sites for hydroxylation is 4. The first kappa shape index (κ1) is 45.9. The molecule has 18 nitrogen and oxygen atoms in total. The number of carbonyl (C=O) groups excluding carboxylic acids is 5. The van der Waals surface area contributed by atoms with Crippen LogP contribution in [0.25, 0.3) is 33.2 Å². The lowest BCUT2D eigenvalue weighted by atomic mass is 10.0. The predicted molar refractivity (Wildman–Crippen MR) is 259 cm³/mol. The first-order chi connectivity index (χ1) is 32.9. The van der Waals surface area contributed by atoms with Crippen molar-refractivity contribution in [3.8, 4) is 11.1 Å². The van der Waals surface area contributed by atoms with Crippen LogP contribution in [0.2, 0.25) is 0 Å². The lowest BCUT2D eigenvalue weighted by Crippen LogP contribution is -2.29. The molecule has 0 spiro atoms. The lowest BCUT2D eigenvalue weighted by molar-refractivity contribution is 0.0946. The maximum absolute atomic E-state index is 13.7. The van der Waals surface area contributed by atoms with Crippen molar-refractivity contribution < 1.29 is 24.0 Å². The summed E-state index contributed by atoms with van der Waals surface area (Å²) in [4.78, 5) is 74.9. The first-order valence-electron chi connectivity index (χ1n) is 22.3. The topological polar surface area (TPSA) is 231 Å². The Morgan fingerprint density at radius 1 is 0.559 bits per heavy atom. The number of primary amides is 1. The molecule has 68 heavy (non-hydrogen) atoms. The highest BCUT2D eigenvalue weighted by molar-refractivity contribution is 6.05. The zero-order valence-corrected chi connectivity index (χ0v) is 38.1. The van der Waals surface area contributed by atoms with Gasteiger partial charge in [-0.3, -0.25) is 44.0 Å². The van der Waals surface area contributed by atoms with Gasteiger partial charge in [0, 0.05) is 56.0 Å². The Hall–Kier alpha value is -8.67. The number of imidazole rings is 2.